The van der Waals surface area contributed by atoms with Crippen molar-refractivity contribution in [3.63, 3.8) is 0 Å². The fourth-order valence-corrected chi connectivity index (χ4v) is 0. The molecule has 0 unspecified atom stereocenters. The third-order valence-electron chi connectivity index (χ3n) is 0. The zero-order chi connectivity index (χ0) is 16.0. The molecule has 0 amide bonds. The molecular weight excluding hydrogens is 336 g/mol. The van der Waals surface area contributed by atoms with Gasteiger partial charge in [0.2, 0.25) is 0 Å². The third-order valence-corrected chi connectivity index (χ3v) is 0. The van der Waals surface area contributed by atoms with Gasteiger partial charge in [-0.3, -0.25) is 0 Å². The molecule has 0 spiro atoms. The molecule has 0 saturated carbocycles. The van der Waals surface area contributed by atoms with Gasteiger partial charge in [-0.25, -0.2) is 42.1 Å². The van der Waals surface area contributed by atoms with Crippen LogP contribution in [0.15, 0.2) is 0 Å². The molecule has 0 fully saturated rings. The van der Waals surface area contributed by atoms with E-state index < -0.39 is 0 Å². The van der Waals surface area contributed by atoms with E-state index in [1.54, 1.807) is 0 Å². The average molecular weight is 344 g/mol. The van der Waals surface area contributed by atoms with Crippen molar-refractivity contribution >= 4 is 54.0 Å². The number of hydrogen-bond acceptors (Lipinski definition) is 8. The Morgan fingerprint density at radius 2 is 0.200 bits per heavy atom. The minimum absolute atomic E-state index is 0. The molecule has 0 aliphatic carbocycles. The molecule has 12 heteroatoms. The van der Waals surface area contributed by atoms with E-state index in [9.17, 15) is 0 Å². The molecule has 0 aliphatic rings. The van der Waals surface area contributed by atoms with Crippen LogP contribution in [0.25, 0.3) is 0 Å². The molecule has 0 aromatic heterocycles. The Morgan fingerprint density at radius 3 is 0.200 bits per heavy atom. The molecule has 0 bridgehead atoms. The van der Waals surface area contributed by atoms with E-state index in [1.807, 2.05) is 0 Å². The molecular formula is C8H8N8S4. The Morgan fingerprint density at radius 1 is 0.200 bits per heavy atom. The molecule has 0 heterocycles. The van der Waals surface area contributed by atoms with E-state index in [-0.39, 0.29) is 54.0 Å². The van der Waals surface area contributed by atoms with Crippen molar-refractivity contribution in [1.29, 1.82) is 42.1 Å². The predicted molar refractivity (Wildman–Crippen MR) is 83.7 cm³/mol. The van der Waals surface area contributed by atoms with Crippen molar-refractivity contribution < 1.29 is 0 Å². The highest BCUT2D eigenvalue weighted by Gasteiger charge is 0.527. The number of hydrogen-bond donors (Lipinski definition) is 0. The Bertz CT molecular complexity index is 140. The van der Waals surface area contributed by atoms with Crippen LogP contribution in [0.4, 0.5) is 0 Å². The van der Waals surface area contributed by atoms with Gasteiger partial charge in [0, 0.05) is 107 Å². The Labute approximate surface area is 148 Å². The zero-order valence-electron chi connectivity index (χ0n) is 9.83. The summed E-state index contributed by atoms with van der Waals surface area (Å²) in [4.78, 5) is 0. The van der Waals surface area contributed by atoms with Crippen molar-refractivity contribution in [2.75, 3.05) is 0 Å². The predicted octanol–water partition coefficient (Wildman–Crippen LogP) is 3.71. The van der Waals surface area contributed by atoms with Crippen LogP contribution in [0.3, 0.4) is 0 Å². The van der Waals surface area contributed by atoms with Crippen LogP contribution in [0.2, 0.25) is 0 Å². The third kappa shape index (κ3) is 437. The van der Waals surface area contributed by atoms with E-state index in [2.05, 4.69) is 52.6 Å². The maximum atomic E-state index is 6.50. The first-order valence-corrected chi connectivity index (χ1v) is 2.07. The van der Waals surface area contributed by atoms with Crippen LogP contribution in [-0.4, -0.2) is 0 Å². The second-order valence-corrected chi connectivity index (χ2v) is 0. The molecule has 0 atom stereocenters. The van der Waals surface area contributed by atoms with Gasteiger partial charge in [0.1, 0.15) is 0 Å². The van der Waals surface area contributed by atoms with Crippen LogP contribution < -0.4 is 0 Å². The molecule has 0 saturated heterocycles. The largest absolute Gasteiger partial charge is 0.202 e. The first-order chi connectivity index (χ1) is 8.00. The summed E-state index contributed by atoms with van der Waals surface area (Å²) in [6.45, 7) is 28.0. The molecule has 8 nitrogen and oxygen atoms in total. The number of nitriles is 8. The van der Waals surface area contributed by atoms with E-state index in [0.29, 0.717) is 0 Å². The standard InChI is InChI=1S/8CHN.4S/c8*1-2;;;;/h8*1H;;;;. The summed E-state index contributed by atoms with van der Waals surface area (Å²) in [5.74, 6) is 0. The lowest BCUT2D eigenvalue weighted by atomic mass is 11.9. The summed E-state index contributed by atoms with van der Waals surface area (Å²) in [6, 6.07) is 0. The number of nitrogens with zero attached hydrogens (tertiary/aromatic N) is 8. The van der Waals surface area contributed by atoms with Crippen LogP contribution in [0.1, 0.15) is 0 Å². The summed E-state index contributed by atoms with van der Waals surface area (Å²) in [5.41, 5.74) is 0. The molecule has 0 rings (SSSR count). The minimum atomic E-state index is 0. The van der Waals surface area contributed by atoms with E-state index in [1.165, 1.54) is 0 Å². The van der Waals surface area contributed by atoms with Gasteiger partial charge in [-0.1, -0.05) is 0 Å². The van der Waals surface area contributed by atoms with Gasteiger partial charge in [-0.2, -0.15) is 0 Å². The molecule has 0 aliphatic heterocycles. The van der Waals surface area contributed by atoms with Crippen molar-refractivity contribution in [3.05, 3.63) is 0 Å². The molecule has 20 heavy (non-hydrogen) atoms. The van der Waals surface area contributed by atoms with E-state index in [0.717, 1.165) is 0 Å². The molecule has 0 aromatic carbocycles. The average Bonchev–Trinajstić information content (AvgIpc) is 2.54. The van der Waals surface area contributed by atoms with Gasteiger partial charge in [0.05, 0.1) is 0 Å². The SMILES string of the molecule is C#N.C#N.C#N.C#N.C#N.C#N.C#N.C#N.[S].[S].[S].[S]. The zero-order valence-corrected chi connectivity index (χ0v) is 13.1. The summed E-state index contributed by atoms with van der Waals surface area (Å²) < 4.78 is 0. The van der Waals surface area contributed by atoms with Gasteiger partial charge in [-0.15, -0.1) is 0 Å². The lowest BCUT2D eigenvalue weighted by Gasteiger charge is -0.668. The lowest BCUT2D eigenvalue weighted by Crippen LogP contribution is -0.569. The quantitative estimate of drug-likeness (QED) is 0.634. The summed E-state index contributed by atoms with van der Waals surface area (Å²) in [6.07, 6.45) is 0. The Kier molecular flexibility index (Phi) is 4350. The Hall–Kier alpha value is -2.68. The topological polar surface area (TPSA) is 190 Å². The van der Waals surface area contributed by atoms with Gasteiger partial charge < -0.3 is 0 Å². The molecule has 0 aromatic rings. The highest BCUT2D eigenvalue weighted by Crippen LogP contribution is 0.652. The van der Waals surface area contributed by atoms with Crippen molar-refractivity contribution in [2.45, 2.75) is 0 Å². The highest BCUT2D eigenvalue weighted by molar-refractivity contribution is 7.59. The van der Waals surface area contributed by atoms with Crippen LogP contribution >= 0.6 is 54.0 Å². The lowest BCUT2D eigenvalue weighted by molar-refractivity contribution is 1.58. The first-order valence-electron chi connectivity index (χ1n) is 2.07. The van der Waals surface area contributed by atoms with Gasteiger partial charge in [-0.05, 0) is 0 Å². The monoisotopic (exact) mass is 344 g/mol. The first kappa shape index (κ1) is 163. The maximum Gasteiger partial charge on any atom is 0.0462 e. The summed E-state index contributed by atoms with van der Waals surface area (Å²) >= 11 is 0. The van der Waals surface area contributed by atoms with Gasteiger partial charge in [0.25, 0.3) is 0 Å². The second kappa shape index (κ2) is 533. The van der Waals surface area contributed by atoms with Crippen LogP contribution in [0.5, 0.6) is 0 Å². The molecule has 104 valence electrons. The van der Waals surface area contributed by atoms with Crippen LogP contribution in [0, 0.1) is 94.7 Å². The van der Waals surface area contributed by atoms with Gasteiger partial charge >= 0.3 is 0 Å². The van der Waals surface area contributed by atoms with Crippen molar-refractivity contribution in [3.8, 4) is 52.6 Å². The van der Waals surface area contributed by atoms with Gasteiger partial charge in [0.15, 0.2) is 0 Å². The smallest absolute Gasteiger partial charge is 0.0462 e. The van der Waals surface area contributed by atoms with E-state index in [4.69, 9.17) is 42.1 Å². The molecule has 0 N–H and O–H groups in total. The molecule has 8 radical (unpaired) electrons. The normalized spacial score (nSPS) is 0.800. The maximum absolute atomic E-state index is 6.50. The fourth-order valence-electron chi connectivity index (χ4n) is 0. The van der Waals surface area contributed by atoms with E-state index >= 15 is 0 Å². The summed E-state index contributed by atoms with van der Waals surface area (Å²) in [5, 5.41) is 52.0. The van der Waals surface area contributed by atoms with Crippen molar-refractivity contribution in [1.82, 2.24) is 0 Å². The number of rotatable bonds is 0. The minimum Gasteiger partial charge on any atom is -0.202 e. The van der Waals surface area contributed by atoms with Crippen molar-refractivity contribution in [2.24, 2.45) is 0 Å². The fraction of sp³-hybridized carbons (Fsp3) is 0. The van der Waals surface area contributed by atoms with Crippen LogP contribution in [-0.2, 0) is 0 Å². The Balaban J connectivity index is -0.00000000356. The highest BCUT2D eigenvalue weighted by atomic mass is 32.1. The second-order valence-electron chi connectivity index (χ2n) is 0. The summed E-state index contributed by atoms with van der Waals surface area (Å²) in [7, 11) is 0.